The maximum atomic E-state index is 6.20. The van der Waals surface area contributed by atoms with Crippen LogP contribution in [0.2, 0.25) is 5.02 Å². The fraction of sp³-hybridized carbons (Fsp3) is 0.455. The maximum absolute atomic E-state index is 6.20. The molecule has 6 nitrogen and oxygen atoms in total. The first-order chi connectivity index (χ1) is 8.58. The Hall–Kier alpha value is -1.37. The lowest BCUT2D eigenvalue weighted by Crippen LogP contribution is -2.32. The quantitative estimate of drug-likeness (QED) is 0.644. The molecule has 2 aromatic heterocycles. The number of nitrogens with one attached hydrogen (secondary N) is 1. The highest BCUT2D eigenvalue weighted by molar-refractivity contribution is 6.31. The van der Waals surface area contributed by atoms with Gasteiger partial charge in [0.1, 0.15) is 6.04 Å². The molecule has 0 saturated carbocycles. The van der Waals surface area contributed by atoms with Crippen molar-refractivity contribution in [3.63, 3.8) is 0 Å². The van der Waals surface area contributed by atoms with Crippen LogP contribution in [0.25, 0.3) is 0 Å². The van der Waals surface area contributed by atoms with Gasteiger partial charge in [-0.1, -0.05) is 11.6 Å². The molecular formula is C11H17ClN6. The van der Waals surface area contributed by atoms with Crippen LogP contribution in [0.3, 0.4) is 0 Å². The monoisotopic (exact) mass is 268 g/mol. The van der Waals surface area contributed by atoms with E-state index >= 15 is 0 Å². The van der Waals surface area contributed by atoms with Gasteiger partial charge in [-0.3, -0.25) is 15.2 Å². The third-order valence-electron chi connectivity index (χ3n) is 2.91. The summed E-state index contributed by atoms with van der Waals surface area (Å²) in [6.45, 7) is 4.68. The van der Waals surface area contributed by atoms with Crippen LogP contribution < -0.4 is 11.3 Å². The molecule has 0 amide bonds. The Kier molecular flexibility index (Phi) is 3.70. The van der Waals surface area contributed by atoms with E-state index in [0.29, 0.717) is 5.02 Å². The van der Waals surface area contributed by atoms with Crippen molar-refractivity contribution in [1.29, 1.82) is 0 Å². The van der Waals surface area contributed by atoms with E-state index in [4.69, 9.17) is 17.4 Å². The number of nitrogens with two attached hydrogens (primary N) is 1. The second kappa shape index (κ2) is 5.09. The molecule has 1 unspecified atom stereocenters. The van der Waals surface area contributed by atoms with E-state index in [1.165, 1.54) is 0 Å². The van der Waals surface area contributed by atoms with Gasteiger partial charge in [0.05, 0.1) is 28.3 Å². The number of aromatic nitrogens is 4. The van der Waals surface area contributed by atoms with Gasteiger partial charge < -0.3 is 0 Å². The Morgan fingerprint density at radius 2 is 2.28 bits per heavy atom. The van der Waals surface area contributed by atoms with Gasteiger partial charge in [0.15, 0.2) is 0 Å². The molecule has 0 fully saturated rings. The fourth-order valence-electron chi connectivity index (χ4n) is 2.12. The summed E-state index contributed by atoms with van der Waals surface area (Å²) in [5.41, 5.74) is 5.52. The van der Waals surface area contributed by atoms with E-state index in [2.05, 4.69) is 15.6 Å². The topological polar surface area (TPSA) is 73.7 Å². The Balaban J connectivity index is 2.51. The zero-order valence-electron chi connectivity index (χ0n) is 10.7. The summed E-state index contributed by atoms with van der Waals surface area (Å²) in [4.78, 5) is 0. The summed E-state index contributed by atoms with van der Waals surface area (Å²) in [5.74, 6) is 5.68. The molecule has 2 heterocycles. The summed E-state index contributed by atoms with van der Waals surface area (Å²) in [5, 5.41) is 9.14. The molecule has 0 radical (unpaired) electrons. The smallest absolute Gasteiger partial charge is 0.106 e. The van der Waals surface area contributed by atoms with Crippen LogP contribution in [-0.4, -0.2) is 19.6 Å². The van der Waals surface area contributed by atoms with E-state index < -0.39 is 0 Å². The average Bonchev–Trinajstić information content (AvgIpc) is 2.85. The molecule has 0 aliphatic rings. The molecule has 2 aromatic rings. The third kappa shape index (κ3) is 2.14. The van der Waals surface area contributed by atoms with Gasteiger partial charge in [-0.25, -0.2) is 5.43 Å². The number of nitrogens with zero attached hydrogens (tertiary/aromatic N) is 4. The highest BCUT2D eigenvalue weighted by Gasteiger charge is 2.23. The van der Waals surface area contributed by atoms with Crippen molar-refractivity contribution < 1.29 is 0 Å². The molecule has 0 aromatic carbocycles. The van der Waals surface area contributed by atoms with E-state index in [0.717, 1.165) is 23.6 Å². The molecule has 18 heavy (non-hydrogen) atoms. The van der Waals surface area contributed by atoms with Crippen molar-refractivity contribution in [2.75, 3.05) is 0 Å². The van der Waals surface area contributed by atoms with Crippen LogP contribution in [0.4, 0.5) is 0 Å². The summed E-state index contributed by atoms with van der Waals surface area (Å²) in [6, 6.07) is 1.75. The highest BCUT2D eigenvalue weighted by atomic mass is 35.5. The Morgan fingerprint density at radius 3 is 2.78 bits per heavy atom. The minimum atomic E-state index is -0.230. The van der Waals surface area contributed by atoms with Gasteiger partial charge in [0.25, 0.3) is 0 Å². The maximum Gasteiger partial charge on any atom is 0.106 e. The summed E-state index contributed by atoms with van der Waals surface area (Å²) in [6.07, 6.45) is 1.63. The van der Waals surface area contributed by atoms with Crippen molar-refractivity contribution >= 4 is 11.6 Å². The van der Waals surface area contributed by atoms with Crippen LogP contribution in [0.5, 0.6) is 0 Å². The normalized spacial score (nSPS) is 12.9. The zero-order valence-corrected chi connectivity index (χ0v) is 11.4. The Morgan fingerprint density at radius 1 is 1.56 bits per heavy atom. The van der Waals surface area contributed by atoms with Gasteiger partial charge in [-0.2, -0.15) is 10.2 Å². The van der Waals surface area contributed by atoms with Gasteiger partial charge in [0.2, 0.25) is 0 Å². The molecule has 0 aliphatic heterocycles. The van der Waals surface area contributed by atoms with Gasteiger partial charge in [0, 0.05) is 13.6 Å². The first-order valence-corrected chi connectivity index (χ1v) is 6.14. The average molecular weight is 269 g/mol. The van der Waals surface area contributed by atoms with Gasteiger partial charge >= 0.3 is 0 Å². The van der Waals surface area contributed by atoms with Crippen molar-refractivity contribution in [3.8, 4) is 0 Å². The third-order valence-corrected chi connectivity index (χ3v) is 3.20. The van der Waals surface area contributed by atoms with Gasteiger partial charge in [-0.15, -0.1) is 0 Å². The van der Waals surface area contributed by atoms with Crippen LogP contribution in [0.1, 0.15) is 30.0 Å². The van der Waals surface area contributed by atoms with Crippen LogP contribution in [0, 0.1) is 6.92 Å². The summed E-state index contributed by atoms with van der Waals surface area (Å²) >= 11 is 6.20. The first kappa shape index (κ1) is 13.1. The van der Waals surface area contributed by atoms with E-state index in [9.17, 15) is 0 Å². The van der Waals surface area contributed by atoms with E-state index in [1.54, 1.807) is 10.9 Å². The van der Waals surface area contributed by atoms with Crippen molar-refractivity contribution in [1.82, 2.24) is 25.0 Å². The SMILES string of the molecule is CCn1ncc(Cl)c1C(NN)c1cc(C)nn1C. The minimum absolute atomic E-state index is 0.230. The minimum Gasteiger partial charge on any atom is -0.270 e. The molecule has 0 spiro atoms. The lowest BCUT2D eigenvalue weighted by atomic mass is 10.1. The highest BCUT2D eigenvalue weighted by Crippen LogP contribution is 2.27. The Bertz CT molecular complexity index is 544. The molecule has 2 rings (SSSR count). The Labute approximate surface area is 111 Å². The van der Waals surface area contributed by atoms with E-state index in [1.807, 2.05) is 31.6 Å². The zero-order chi connectivity index (χ0) is 13.3. The predicted octanol–water partition coefficient (Wildman–Crippen LogP) is 1.15. The number of rotatable bonds is 4. The molecule has 0 bridgehead atoms. The number of aryl methyl sites for hydroxylation is 3. The second-order valence-corrected chi connectivity index (χ2v) is 4.53. The van der Waals surface area contributed by atoms with Crippen LogP contribution in [0.15, 0.2) is 12.3 Å². The van der Waals surface area contributed by atoms with Crippen molar-refractivity contribution in [3.05, 3.63) is 34.4 Å². The lowest BCUT2D eigenvalue weighted by Gasteiger charge is -2.18. The van der Waals surface area contributed by atoms with Crippen molar-refractivity contribution in [2.24, 2.45) is 12.9 Å². The van der Waals surface area contributed by atoms with Gasteiger partial charge in [-0.05, 0) is 19.9 Å². The molecule has 0 saturated heterocycles. The number of hydrogen-bond acceptors (Lipinski definition) is 4. The molecular weight excluding hydrogens is 252 g/mol. The number of hydrazine groups is 1. The molecule has 3 N–H and O–H groups in total. The second-order valence-electron chi connectivity index (χ2n) is 4.13. The number of hydrogen-bond donors (Lipinski definition) is 2. The fourth-order valence-corrected chi connectivity index (χ4v) is 2.37. The molecule has 98 valence electrons. The van der Waals surface area contributed by atoms with E-state index in [-0.39, 0.29) is 6.04 Å². The standard InChI is InChI=1S/C11H17ClN6/c1-4-18-11(8(12)6-14-18)10(15-13)9-5-7(2)16-17(9)3/h5-6,10,15H,4,13H2,1-3H3. The molecule has 1 atom stereocenters. The van der Waals surface area contributed by atoms with Crippen LogP contribution >= 0.6 is 11.6 Å². The molecule has 7 heteroatoms. The number of halogens is 1. The molecule has 0 aliphatic carbocycles. The first-order valence-electron chi connectivity index (χ1n) is 5.76. The summed E-state index contributed by atoms with van der Waals surface area (Å²) < 4.78 is 3.62. The largest absolute Gasteiger partial charge is 0.270 e. The lowest BCUT2D eigenvalue weighted by molar-refractivity contribution is 0.515. The predicted molar refractivity (Wildman–Crippen MR) is 70.0 cm³/mol. The van der Waals surface area contributed by atoms with Crippen molar-refractivity contribution in [2.45, 2.75) is 26.4 Å². The van der Waals surface area contributed by atoms with Crippen LogP contribution in [-0.2, 0) is 13.6 Å². The summed E-state index contributed by atoms with van der Waals surface area (Å²) in [7, 11) is 1.88.